The molecular formula is C16H13Cl2N5O. The smallest absolute Gasteiger partial charge is 0.308 e. The summed E-state index contributed by atoms with van der Waals surface area (Å²) in [4.78, 5) is 16.0. The molecule has 0 saturated carbocycles. The highest BCUT2D eigenvalue weighted by Crippen LogP contribution is 2.25. The Kier molecular flexibility index (Phi) is 4.98. The summed E-state index contributed by atoms with van der Waals surface area (Å²) >= 11 is 11.9. The van der Waals surface area contributed by atoms with Gasteiger partial charge < -0.3 is 10.6 Å². The minimum atomic E-state index is -0.405. The van der Waals surface area contributed by atoms with Crippen LogP contribution >= 0.6 is 23.2 Å². The van der Waals surface area contributed by atoms with Crippen LogP contribution in [0.4, 0.5) is 16.2 Å². The second kappa shape index (κ2) is 7.33. The van der Waals surface area contributed by atoms with E-state index in [9.17, 15) is 4.79 Å². The van der Waals surface area contributed by atoms with Crippen LogP contribution in [0.1, 0.15) is 5.56 Å². The van der Waals surface area contributed by atoms with E-state index >= 15 is 0 Å². The number of urea groups is 1. The maximum atomic E-state index is 12.1. The zero-order valence-electron chi connectivity index (χ0n) is 12.4. The third kappa shape index (κ3) is 4.24. The highest BCUT2D eigenvalue weighted by Gasteiger charge is 2.07. The van der Waals surface area contributed by atoms with Gasteiger partial charge in [-0.05, 0) is 35.9 Å². The van der Waals surface area contributed by atoms with Gasteiger partial charge in [-0.3, -0.25) is 0 Å². The molecule has 6 nitrogen and oxygen atoms in total. The average molecular weight is 362 g/mol. The minimum absolute atomic E-state index is 0.405. The van der Waals surface area contributed by atoms with Gasteiger partial charge in [-0.25, -0.2) is 14.5 Å². The molecule has 0 aliphatic heterocycles. The van der Waals surface area contributed by atoms with Crippen molar-refractivity contribution in [1.29, 1.82) is 0 Å². The number of hydrogen-bond acceptors (Lipinski definition) is 3. The molecular weight excluding hydrogens is 349 g/mol. The molecule has 24 heavy (non-hydrogen) atoms. The van der Waals surface area contributed by atoms with Crippen molar-refractivity contribution in [1.82, 2.24) is 14.8 Å². The molecule has 0 atom stereocenters. The Labute approximate surface area is 148 Å². The van der Waals surface area contributed by atoms with Gasteiger partial charge in [0.2, 0.25) is 0 Å². The Balaban J connectivity index is 1.67. The maximum absolute atomic E-state index is 12.1. The Morgan fingerprint density at radius 2 is 2.00 bits per heavy atom. The second-order valence-corrected chi connectivity index (χ2v) is 5.84. The Hall–Kier alpha value is -2.57. The SMILES string of the molecule is O=C(Nc1cccc(Cn2cncn2)c1)Nc1cc(Cl)ccc1Cl. The molecule has 0 fully saturated rings. The molecule has 0 spiro atoms. The number of benzene rings is 2. The van der Waals surface area contributed by atoms with Gasteiger partial charge in [0.1, 0.15) is 12.7 Å². The number of amides is 2. The average Bonchev–Trinajstić information content (AvgIpc) is 3.04. The number of aromatic nitrogens is 3. The third-order valence-electron chi connectivity index (χ3n) is 3.17. The summed E-state index contributed by atoms with van der Waals surface area (Å²) in [5.41, 5.74) is 2.09. The third-order valence-corrected chi connectivity index (χ3v) is 3.74. The molecule has 2 N–H and O–H groups in total. The predicted molar refractivity (Wildman–Crippen MR) is 94.7 cm³/mol. The quantitative estimate of drug-likeness (QED) is 0.728. The van der Waals surface area contributed by atoms with Crippen molar-refractivity contribution in [3.8, 4) is 0 Å². The highest BCUT2D eigenvalue weighted by molar-refractivity contribution is 6.35. The number of carbonyl (C=O) groups excluding carboxylic acids is 1. The van der Waals surface area contributed by atoms with E-state index in [4.69, 9.17) is 23.2 Å². The van der Waals surface area contributed by atoms with E-state index in [-0.39, 0.29) is 0 Å². The van der Waals surface area contributed by atoms with E-state index in [0.717, 1.165) is 5.56 Å². The highest BCUT2D eigenvalue weighted by atomic mass is 35.5. The molecule has 0 radical (unpaired) electrons. The van der Waals surface area contributed by atoms with Crippen molar-refractivity contribution in [2.24, 2.45) is 0 Å². The van der Waals surface area contributed by atoms with Crippen molar-refractivity contribution in [3.05, 3.63) is 70.7 Å². The lowest BCUT2D eigenvalue weighted by Gasteiger charge is -2.10. The first-order chi connectivity index (χ1) is 11.6. The van der Waals surface area contributed by atoms with Gasteiger partial charge >= 0.3 is 6.03 Å². The molecule has 0 bridgehead atoms. The molecule has 2 amide bonds. The number of anilines is 2. The monoisotopic (exact) mass is 361 g/mol. The van der Waals surface area contributed by atoms with Crippen LogP contribution < -0.4 is 10.6 Å². The van der Waals surface area contributed by atoms with Crippen molar-refractivity contribution >= 4 is 40.6 Å². The largest absolute Gasteiger partial charge is 0.323 e. The van der Waals surface area contributed by atoms with Crippen LogP contribution in [0, 0.1) is 0 Å². The first-order valence-electron chi connectivity index (χ1n) is 7.04. The van der Waals surface area contributed by atoms with E-state index in [1.807, 2.05) is 18.2 Å². The standard InChI is InChI=1S/C16H13Cl2N5O/c17-12-4-5-14(18)15(7-12)22-16(24)21-13-3-1-2-11(6-13)8-23-10-19-9-20-23/h1-7,9-10H,8H2,(H2,21,22,24). The Morgan fingerprint density at radius 1 is 1.12 bits per heavy atom. The van der Waals surface area contributed by atoms with Gasteiger partial charge in [-0.15, -0.1) is 0 Å². The first kappa shape index (κ1) is 16.3. The van der Waals surface area contributed by atoms with Crippen LogP contribution in [0.25, 0.3) is 0 Å². The second-order valence-electron chi connectivity index (χ2n) is 5.00. The molecule has 2 aromatic carbocycles. The lowest BCUT2D eigenvalue weighted by atomic mass is 10.2. The lowest BCUT2D eigenvalue weighted by Crippen LogP contribution is -2.19. The molecule has 8 heteroatoms. The maximum Gasteiger partial charge on any atom is 0.323 e. The van der Waals surface area contributed by atoms with Crippen LogP contribution in [0.2, 0.25) is 10.0 Å². The molecule has 3 aromatic rings. The van der Waals surface area contributed by atoms with E-state index < -0.39 is 6.03 Å². The topological polar surface area (TPSA) is 71.8 Å². The van der Waals surface area contributed by atoms with Crippen LogP contribution in [-0.4, -0.2) is 20.8 Å². The molecule has 0 unspecified atom stereocenters. The number of nitrogens with zero attached hydrogens (tertiary/aromatic N) is 3. The van der Waals surface area contributed by atoms with Gasteiger partial charge in [-0.2, -0.15) is 5.10 Å². The van der Waals surface area contributed by atoms with Crippen molar-refractivity contribution in [2.75, 3.05) is 10.6 Å². The molecule has 122 valence electrons. The summed E-state index contributed by atoms with van der Waals surface area (Å²) in [6, 6.07) is 11.9. The van der Waals surface area contributed by atoms with Crippen LogP contribution in [-0.2, 0) is 6.54 Å². The fourth-order valence-corrected chi connectivity index (χ4v) is 2.46. The summed E-state index contributed by atoms with van der Waals surface area (Å²) in [7, 11) is 0. The van der Waals surface area contributed by atoms with Crippen LogP contribution in [0.5, 0.6) is 0 Å². The number of hydrogen-bond donors (Lipinski definition) is 2. The van der Waals surface area contributed by atoms with Crippen molar-refractivity contribution < 1.29 is 4.79 Å². The summed E-state index contributed by atoms with van der Waals surface area (Å²) in [6.45, 7) is 0.567. The summed E-state index contributed by atoms with van der Waals surface area (Å²) in [6.07, 6.45) is 3.11. The number of carbonyl (C=O) groups is 1. The normalized spacial score (nSPS) is 10.4. The van der Waals surface area contributed by atoms with E-state index in [1.165, 1.54) is 6.33 Å². The minimum Gasteiger partial charge on any atom is -0.308 e. The van der Waals surface area contributed by atoms with Crippen molar-refractivity contribution in [3.63, 3.8) is 0 Å². The summed E-state index contributed by atoms with van der Waals surface area (Å²) < 4.78 is 1.70. The fraction of sp³-hybridized carbons (Fsp3) is 0.0625. The van der Waals surface area contributed by atoms with Gasteiger partial charge in [0.05, 0.1) is 17.3 Å². The zero-order chi connectivity index (χ0) is 16.9. The number of rotatable bonds is 4. The van der Waals surface area contributed by atoms with Gasteiger partial charge in [0.25, 0.3) is 0 Å². The molecule has 1 heterocycles. The molecule has 3 rings (SSSR count). The van der Waals surface area contributed by atoms with E-state index in [2.05, 4.69) is 20.7 Å². The van der Waals surface area contributed by atoms with Crippen LogP contribution in [0.3, 0.4) is 0 Å². The molecule has 0 aliphatic rings. The van der Waals surface area contributed by atoms with E-state index in [1.54, 1.807) is 35.3 Å². The van der Waals surface area contributed by atoms with Crippen molar-refractivity contribution in [2.45, 2.75) is 6.54 Å². The Bertz CT molecular complexity index is 851. The summed E-state index contributed by atoms with van der Waals surface area (Å²) in [5, 5.41) is 10.4. The summed E-state index contributed by atoms with van der Waals surface area (Å²) in [5.74, 6) is 0. The van der Waals surface area contributed by atoms with E-state index in [0.29, 0.717) is 28.0 Å². The molecule has 1 aromatic heterocycles. The number of nitrogens with one attached hydrogen (secondary N) is 2. The lowest BCUT2D eigenvalue weighted by molar-refractivity contribution is 0.262. The first-order valence-corrected chi connectivity index (χ1v) is 7.80. The van der Waals surface area contributed by atoms with Gasteiger partial charge in [-0.1, -0.05) is 35.3 Å². The Morgan fingerprint density at radius 3 is 2.79 bits per heavy atom. The molecule has 0 saturated heterocycles. The number of halogens is 2. The molecule has 0 aliphatic carbocycles. The fourth-order valence-electron chi connectivity index (χ4n) is 2.13. The predicted octanol–water partition coefficient (Wildman–Crippen LogP) is 4.28. The van der Waals surface area contributed by atoms with Gasteiger partial charge in [0, 0.05) is 10.7 Å². The van der Waals surface area contributed by atoms with Gasteiger partial charge in [0.15, 0.2) is 0 Å². The zero-order valence-corrected chi connectivity index (χ0v) is 13.9. The van der Waals surface area contributed by atoms with Crippen LogP contribution in [0.15, 0.2) is 55.1 Å².